The van der Waals surface area contributed by atoms with Crippen molar-refractivity contribution >= 4 is 22.6 Å². The van der Waals surface area contributed by atoms with Crippen molar-refractivity contribution in [1.82, 2.24) is 19.5 Å². The Bertz CT molecular complexity index is 1010. The number of nitrogens with one attached hydrogen (secondary N) is 2. The van der Waals surface area contributed by atoms with Crippen molar-refractivity contribution in [3.8, 4) is 5.69 Å². The minimum atomic E-state index is -4.79. The molecule has 0 bridgehead atoms. The normalized spacial score (nSPS) is 12.0. The molecule has 0 unspecified atom stereocenters. The van der Waals surface area contributed by atoms with Crippen LogP contribution in [0.15, 0.2) is 27.9 Å². The molecule has 3 rings (SSSR count). The van der Waals surface area contributed by atoms with Crippen LogP contribution in [-0.2, 0) is 6.18 Å². The molecular formula is C12H5ClF4N4O2. The number of aromatic amines is 2. The average molecular weight is 349 g/mol. The van der Waals surface area contributed by atoms with Crippen LogP contribution in [0.3, 0.4) is 0 Å². The van der Waals surface area contributed by atoms with E-state index in [9.17, 15) is 27.2 Å². The van der Waals surface area contributed by atoms with E-state index in [1.54, 1.807) is 0 Å². The van der Waals surface area contributed by atoms with Gasteiger partial charge < -0.3 is 9.97 Å². The molecule has 0 amide bonds. The molecular weight excluding hydrogens is 344 g/mol. The summed E-state index contributed by atoms with van der Waals surface area (Å²) >= 11 is 5.90. The Morgan fingerprint density at radius 3 is 2.57 bits per heavy atom. The minimum absolute atomic E-state index is 0.342. The number of halogens is 5. The predicted molar refractivity (Wildman–Crippen MR) is 72.3 cm³/mol. The molecule has 11 heteroatoms. The molecule has 2 aromatic heterocycles. The molecule has 6 nitrogen and oxygen atoms in total. The van der Waals surface area contributed by atoms with Crippen molar-refractivity contribution in [3.63, 3.8) is 0 Å². The molecule has 0 aliphatic heterocycles. The molecule has 0 aliphatic carbocycles. The van der Waals surface area contributed by atoms with Gasteiger partial charge in [0.2, 0.25) is 5.82 Å². The highest BCUT2D eigenvalue weighted by molar-refractivity contribution is 6.36. The summed E-state index contributed by atoms with van der Waals surface area (Å²) in [5, 5.41) is -0.568. The van der Waals surface area contributed by atoms with E-state index < -0.39 is 39.8 Å². The molecule has 2 heterocycles. The quantitative estimate of drug-likeness (QED) is 0.661. The van der Waals surface area contributed by atoms with Crippen molar-refractivity contribution in [2.24, 2.45) is 0 Å². The molecule has 120 valence electrons. The zero-order valence-corrected chi connectivity index (χ0v) is 11.6. The standard InChI is InChI=1S/C12H5ClF4N4O2/c13-7-8-5(19-10(20-8)12(15,16)17)3-4(14)9(7)21-6(22)1-2-18-11(21)23/h1-3H,(H,18,23)(H,19,20). The lowest BCUT2D eigenvalue weighted by atomic mass is 10.2. The van der Waals surface area contributed by atoms with Gasteiger partial charge in [-0.3, -0.25) is 4.79 Å². The molecule has 3 aromatic rings. The number of H-pyrrole nitrogens is 2. The summed E-state index contributed by atoms with van der Waals surface area (Å²) in [6, 6.07) is 1.59. The molecule has 0 fully saturated rings. The van der Waals surface area contributed by atoms with Crippen molar-refractivity contribution in [2.45, 2.75) is 6.18 Å². The summed E-state index contributed by atoms with van der Waals surface area (Å²) in [4.78, 5) is 30.8. The number of alkyl halides is 3. The van der Waals surface area contributed by atoms with Gasteiger partial charge in [0, 0.05) is 18.3 Å². The third-order valence-electron chi connectivity index (χ3n) is 3.00. The third kappa shape index (κ3) is 2.40. The largest absolute Gasteiger partial charge is 0.449 e. The Hall–Kier alpha value is -2.62. The van der Waals surface area contributed by atoms with Crippen LogP contribution in [0.5, 0.6) is 0 Å². The first-order chi connectivity index (χ1) is 10.7. The molecule has 0 atom stereocenters. The van der Waals surface area contributed by atoms with Crippen LogP contribution >= 0.6 is 11.6 Å². The number of benzene rings is 1. The summed E-state index contributed by atoms with van der Waals surface area (Å²) in [5.41, 5.74) is -3.28. The van der Waals surface area contributed by atoms with E-state index >= 15 is 0 Å². The Kier molecular flexibility index (Phi) is 3.29. The minimum Gasteiger partial charge on any atom is -0.333 e. The molecule has 0 radical (unpaired) electrons. The zero-order valence-electron chi connectivity index (χ0n) is 10.8. The van der Waals surface area contributed by atoms with E-state index in [2.05, 4.69) is 9.97 Å². The third-order valence-corrected chi connectivity index (χ3v) is 3.37. The number of hydrogen-bond acceptors (Lipinski definition) is 3. The molecule has 1 aromatic carbocycles. The molecule has 0 saturated heterocycles. The van der Waals surface area contributed by atoms with Gasteiger partial charge in [-0.15, -0.1) is 0 Å². The number of rotatable bonds is 1. The van der Waals surface area contributed by atoms with Crippen LogP contribution in [0, 0.1) is 5.82 Å². The maximum Gasteiger partial charge on any atom is 0.449 e. The molecule has 0 saturated carbocycles. The molecule has 0 spiro atoms. The van der Waals surface area contributed by atoms with Crippen LogP contribution in [-0.4, -0.2) is 19.5 Å². The number of imidazole rings is 1. The fourth-order valence-electron chi connectivity index (χ4n) is 2.04. The Balaban J connectivity index is 2.40. The van der Waals surface area contributed by atoms with Crippen LogP contribution in [0.2, 0.25) is 5.02 Å². The summed E-state index contributed by atoms with van der Waals surface area (Å²) in [7, 11) is 0. The topological polar surface area (TPSA) is 83.5 Å². The van der Waals surface area contributed by atoms with Gasteiger partial charge >= 0.3 is 11.9 Å². The van der Waals surface area contributed by atoms with Crippen molar-refractivity contribution in [1.29, 1.82) is 0 Å². The summed E-state index contributed by atoms with van der Waals surface area (Å²) < 4.78 is 52.6. The lowest BCUT2D eigenvalue weighted by Crippen LogP contribution is -2.33. The van der Waals surface area contributed by atoms with Gasteiger partial charge in [0.25, 0.3) is 5.56 Å². The van der Waals surface area contributed by atoms with Crippen LogP contribution in [0.1, 0.15) is 5.82 Å². The SMILES string of the molecule is O=c1cc[nH]c(=O)n1-c1c(F)cc2nc(C(F)(F)F)[nH]c2c1Cl. The first-order valence-electron chi connectivity index (χ1n) is 5.96. The predicted octanol–water partition coefficient (Wildman–Crippen LogP) is 2.21. The van der Waals surface area contributed by atoms with Crippen molar-refractivity contribution in [2.75, 3.05) is 0 Å². The van der Waals surface area contributed by atoms with Gasteiger partial charge in [0.05, 0.1) is 16.1 Å². The Labute approximate surface area is 128 Å². The highest BCUT2D eigenvalue weighted by atomic mass is 35.5. The maximum atomic E-state index is 14.2. The van der Waals surface area contributed by atoms with E-state index in [1.807, 2.05) is 4.98 Å². The highest BCUT2D eigenvalue weighted by Gasteiger charge is 2.35. The van der Waals surface area contributed by atoms with Gasteiger partial charge in [0.15, 0.2) is 5.82 Å². The summed E-state index contributed by atoms with van der Waals surface area (Å²) in [6.45, 7) is 0. The Morgan fingerprint density at radius 1 is 1.26 bits per heavy atom. The zero-order chi connectivity index (χ0) is 16.9. The second-order valence-corrected chi connectivity index (χ2v) is 4.83. The van der Waals surface area contributed by atoms with E-state index in [0.29, 0.717) is 10.6 Å². The van der Waals surface area contributed by atoms with Crippen molar-refractivity contribution < 1.29 is 17.6 Å². The number of aromatic nitrogens is 4. The first-order valence-corrected chi connectivity index (χ1v) is 6.34. The van der Waals surface area contributed by atoms with Gasteiger partial charge in [-0.05, 0) is 0 Å². The van der Waals surface area contributed by atoms with E-state index in [-0.39, 0.29) is 11.0 Å². The summed E-state index contributed by atoms with van der Waals surface area (Å²) in [5.74, 6) is -2.54. The van der Waals surface area contributed by atoms with Gasteiger partial charge in [-0.25, -0.2) is 18.7 Å². The maximum absolute atomic E-state index is 14.2. The second kappa shape index (κ2) is 4.95. The average Bonchev–Trinajstić information content (AvgIpc) is 2.86. The van der Waals surface area contributed by atoms with Crippen LogP contribution in [0.4, 0.5) is 17.6 Å². The molecule has 2 N–H and O–H groups in total. The van der Waals surface area contributed by atoms with Gasteiger partial charge in [0.1, 0.15) is 5.69 Å². The van der Waals surface area contributed by atoms with Crippen molar-refractivity contribution in [3.05, 3.63) is 55.8 Å². The second-order valence-electron chi connectivity index (χ2n) is 4.45. The number of hydrogen-bond donors (Lipinski definition) is 2. The fraction of sp³-hybridized carbons (Fsp3) is 0.0833. The lowest BCUT2D eigenvalue weighted by molar-refractivity contribution is -0.144. The van der Waals surface area contributed by atoms with E-state index in [0.717, 1.165) is 12.3 Å². The summed E-state index contributed by atoms with van der Waals surface area (Å²) in [6.07, 6.45) is -3.75. The highest BCUT2D eigenvalue weighted by Crippen LogP contribution is 2.34. The van der Waals surface area contributed by atoms with E-state index in [4.69, 9.17) is 11.6 Å². The monoisotopic (exact) mass is 348 g/mol. The molecule has 23 heavy (non-hydrogen) atoms. The fourth-order valence-corrected chi connectivity index (χ4v) is 2.36. The first kappa shape index (κ1) is 15.3. The number of fused-ring (bicyclic) bond motifs is 1. The molecule has 0 aliphatic rings. The lowest BCUT2D eigenvalue weighted by Gasteiger charge is -2.08. The van der Waals surface area contributed by atoms with Crippen LogP contribution < -0.4 is 11.2 Å². The smallest absolute Gasteiger partial charge is 0.333 e. The Morgan fingerprint density at radius 2 is 1.96 bits per heavy atom. The van der Waals surface area contributed by atoms with E-state index in [1.165, 1.54) is 0 Å². The van der Waals surface area contributed by atoms with Gasteiger partial charge in [-0.2, -0.15) is 13.2 Å². The number of nitrogens with zero attached hydrogens (tertiary/aromatic N) is 2. The van der Waals surface area contributed by atoms with Crippen LogP contribution in [0.25, 0.3) is 16.7 Å². The van der Waals surface area contributed by atoms with Gasteiger partial charge in [-0.1, -0.05) is 11.6 Å².